The fourth-order valence-corrected chi connectivity index (χ4v) is 2.26. The number of nitrogen functional groups attached to an aromatic ring is 1. The monoisotopic (exact) mass is 263 g/mol. The lowest BCUT2D eigenvalue weighted by atomic mass is 10.2. The van der Waals surface area contributed by atoms with Crippen molar-refractivity contribution in [3.8, 4) is 0 Å². The van der Waals surface area contributed by atoms with Crippen LogP contribution in [0.1, 0.15) is 56.8 Å². The van der Waals surface area contributed by atoms with E-state index < -0.39 is 0 Å². The standard InChI is InChI=1S/C14H25N5/c1-4-6-9-19(5-2)14-10(3)12(18-15)16-13(17-14)11-7-8-11/h11H,4-9,15H2,1-3H3,(H,16,17,18). The van der Waals surface area contributed by atoms with Crippen LogP contribution in [0.3, 0.4) is 0 Å². The lowest BCUT2D eigenvalue weighted by Crippen LogP contribution is -2.27. The van der Waals surface area contributed by atoms with Crippen LogP contribution in [0.25, 0.3) is 0 Å². The van der Waals surface area contributed by atoms with Crippen molar-refractivity contribution in [2.24, 2.45) is 5.84 Å². The zero-order valence-electron chi connectivity index (χ0n) is 12.2. The summed E-state index contributed by atoms with van der Waals surface area (Å²) < 4.78 is 0. The summed E-state index contributed by atoms with van der Waals surface area (Å²) >= 11 is 0. The van der Waals surface area contributed by atoms with E-state index in [0.717, 1.165) is 36.1 Å². The van der Waals surface area contributed by atoms with Gasteiger partial charge in [-0.2, -0.15) is 0 Å². The Balaban J connectivity index is 2.32. The quantitative estimate of drug-likeness (QED) is 0.584. The predicted molar refractivity (Wildman–Crippen MR) is 79.3 cm³/mol. The zero-order valence-corrected chi connectivity index (χ0v) is 12.2. The summed E-state index contributed by atoms with van der Waals surface area (Å²) in [5.74, 6) is 8.89. The third-order valence-corrected chi connectivity index (χ3v) is 3.68. The summed E-state index contributed by atoms with van der Waals surface area (Å²) in [6, 6.07) is 0. The lowest BCUT2D eigenvalue weighted by Gasteiger charge is -2.25. The molecule has 1 aromatic rings. The Hall–Kier alpha value is -1.36. The molecular formula is C14H25N5. The van der Waals surface area contributed by atoms with E-state index in [1.165, 1.54) is 25.7 Å². The van der Waals surface area contributed by atoms with E-state index in [0.29, 0.717) is 5.92 Å². The first-order chi connectivity index (χ1) is 9.21. The first-order valence-corrected chi connectivity index (χ1v) is 7.31. The van der Waals surface area contributed by atoms with Crippen LogP contribution in [0, 0.1) is 6.92 Å². The highest BCUT2D eigenvalue weighted by atomic mass is 15.3. The van der Waals surface area contributed by atoms with Crippen molar-refractivity contribution in [2.75, 3.05) is 23.4 Å². The Morgan fingerprint density at radius 1 is 1.32 bits per heavy atom. The smallest absolute Gasteiger partial charge is 0.148 e. The summed E-state index contributed by atoms with van der Waals surface area (Å²) in [6.45, 7) is 8.42. The van der Waals surface area contributed by atoms with Gasteiger partial charge >= 0.3 is 0 Å². The average molecular weight is 263 g/mol. The zero-order chi connectivity index (χ0) is 13.8. The minimum absolute atomic E-state index is 0.538. The van der Waals surface area contributed by atoms with E-state index in [4.69, 9.17) is 10.8 Å². The van der Waals surface area contributed by atoms with Crippen LogP contribution in [-0.4, -0.2) is 23.1 Å². The van der Waals surface area contributed by atoms with E-state index in [-0.39, 0.29) is 0 Å². The van der Waals surface area contributed by atoms with Gasteiger partial charge in [-0.05, 0) is 33.1 Å². The van der Waals surface area contributed by atoms with Crippen molar-refractivity contribution in [3.63, 3.8) is 0 Å². The first kappa shape index (κ1) is 14.1. The molecule has 0 spiro atoms. The number of hydrogen-bond donors (Lipinski definition) is 2. The second kappa shape index (κ2) is 6.19. The molecule has 1 aliphatic carbocycles. The molecule has 0 aromatic carbocycles. The molecule has 1 aliphatic rings. The third-order valence-electron chi connectivity index (χ3n) is 3.68. The molecule has 5 heteroatoms. The second-order valence-corrected chi connectivity index (χ2v) is 5.23. The number of rotatable bonds is 7. The highest BCUT2D eigenvalue weighted by Gasteiger charge is 2.28. The number of unbranched alkanes of at least 4 members (excludes halogenated alkanes) is 1. The molecule has 0 atom stereocenters. The van der Waals surface area contributed by atoms with E-state index in [1.54, 1.807) is 0 Å². The highest BCUT2D eigenvalue weighted by Crippen LogP contribution is 2.39. The molecule has 1 saturated carbocycles. The van der Waals surface area contributed by atoms with Crippen LogP contribution in [0.4, 0.5) is 11.6 Å². The molecule has 1 heterocycles. The van der Waals surface area contributed by atoms with Crippen LogP contribution < -0.4 is 16.2 Å². The summed E-state index contributed by atoms with van der Waals surface area (Å²) in [6.07, 6.45) is 4.78. The Kier molecular flexibility index (Phi) is 4.58. The van der Waals surface area contributed by atoms with Gasteiger partial charge in [-0.1, -0.05) is 13.3 Å². The highest BCUT2D eigenvalue weighted by molar-refractivity contribution is 5.58. The van der Waals surface area contributed by atoms with Gasteiger partial charge in [0, 0.05) is 24.6 Å². The summed E-state index contributed by atoms with van der Waals surface area (Å²) in [5, 5.41) is 0. The van der Waals surface area contributed by atoms with Crippen molar-refractivity contribution in [2.45, 2.75) is 52.4 Å². The molecule has 3 N–H and O–H groups in total. The van der Waals surface area contributed by atoms with Crippen molar-refractivity contribution < 1.29 is 0 Å². The molecule has 2 rings (SSSR count). The number of nitrogens with two attached hydrogens (primary N) is 1. The maximum Gasteiger partial charge on any atom is 0.148 e. The van der Waals surface area contributed by atoms with Gasteiger partial charge in [0.25, 0.3) is 0 Å². The average Bonchev–Trinajstić information content (AvgIpc) is 3.25. The number of anilines is 2. The largest absolute Gasteiger partial charge is 0.357 e. The summed E-state index contributed by atoms with van der Waals surface area (Å²) in [4.78, 5) is 11.6. The molecule has 1 fully saturated rings. The molecule has 19 heavy (non-hydrogen) atoms. The number of hydrazine groups is 1. The second-order valence-electron chi connectivity index (χ2n) is 5.23. The molecule has 106 valence electrons. The number of nitrogens with zero attached hydrogens (tertiary/aromatic N) is 3. The van der Waals surface area contributed by atoms with Gasteiger partial charge in [0.2, 0.25) is 0 Å². The van der Waals surface area contributed by atoms with Crippen LogP contribution in [0.15, 0.2) is 0 Å². The van der Waals surface area contributed by atoms with Gasteiger partial charge in [-0.3, -0.25) is 0 Å². The normalized spacial score (nSPS) is 14.5. The summed E-state index contributed by atoms with van der Waals surface area (Å²) in [5.41, 5.74) is 3.76. The predicted octanol–water partition coefficient (Wildman–Crippen LogP) is 2.57. The van der Waals surface area contributed by atoms with Crippen LogP contribution in [0.2, 0.25) is 0 Å². The van der Waals surface area contributed by atoms with Gasteiger partial charge in [0.15, 0.2) is 0 Å². The van der Waals surface area contributed by atoms with Crippen molar-refractivity contribution in [3.05, 3.63) is 11.4 Å². The van der Waals surface area contributed by atoms with E-state index in [2.05, 4.69) is 29.2 Å². The number of aromatic nitrogens is 2. The fourth-order valence-electron chi connectivity index (χ4n) is 2.26. The van der Waals surface area contributed by atoms with Crippen LogP contribution >= 0.6 is 0 Å². The molecular weight excluding hydrogens is 238 g/mol. The fraction of sp³-hybridized carbons (Fsp3) is 0.714. The van der Waals surface area contributed by atoms with Gasteiger partial charge in [-0.25, -0.2) is 15.8 Å². The number of hydrogen-bond acceptors (Lipinski definition) is 5. The van der Waals surface area contributed by atoms with Gasteiger partial charge < -0.3 is 10.3 Å². The SMILES string of the molecule is CCCCN(CC)c1nc(C2CC2)nc(NN)c1C. The molecule has 0 bridgehead atoms. The van der Waals surface area contributed by atoms with Gasteiger partial charge in [-0.15, -0.1) is 0 Å². The lowest BCUT2D eigenvalue weighted by molar-refractivity contribution is 0.716. The molecule has 1 aromatic heterocycles. The first-order valence-electron chi connectivity index (χ1n) is 7.31. The maximum atomic E-state index is 5.59. The number of nitrogens with one attached hydrogen (secondary N) is 1. The third kappa shape index (κ3) is 3.15. The van der Waals surface area contributed by atoms with Gasteiger partial charge in [0.05, 0.1) is 0 Å². The van der Waals surface area contributed by atoms with E-state index in [1.807, 2.05) is 6.92 Å². The minimum Gasteiger partial charge on any atom is -0.357 e. The molecule has 0 aliphatic heterocycles. The molecule has 0 unspecified atom stereocenters. The topological polar surface area (TPSA) is 67.1 Å². The van der Waals surface area contributed by atoms with Crippen molar-refractivity contribution >= 4 is 11.6 Å². The molecule has 0 amide bonds. The van der Waals surface area contributed by atoms with Crippen molar-refractivity contribution in [1.29, 1.82) is 0 Å². The molecule has 5 nitrogen and oxygen atoms in total. The molecule has 0 saturated heterocycles. The van der Waals surface area contributed by atoms with Crippen molar-refractivity contribution in [1.82, 2.24) is 9.97 Å². The Bertz CT molecular complexity index is 428. The summed E-state index contributed by atoms with van der Waals surface area (Å²) in [7, 11) is 0. The maximum absolute atomic E-state index is 5.59. The Morgan fingerprint density at radius 3 is 2.58 bits per heavy atom. The van der Waals surface area contributed by atoms with E-state index in [9.17, 15) is 0 Å². The van der Waals surface area contributed by atoms with Gasteiger partial charge in [0.1, 0.15) is 17.5 Å². The minimum atomic E-state index is 0.538. The van der Waals surface area contributed by atoms with Crippen LogP contribution in [0.5, 0.6) is 0 Å². The van der Waals surface area contributed by atoms with E-state index >= 15 is 0 Å². The Morgan fingerprint density at radius 2 is 2.05 bits per heavy atom. The van der Waals surface area contributed by atoms with Crippen LogP contribution in [-0.2, 0) is 0 Å². The molecule has 0 radical (unpaired) electrons. The Labute approximate surface area is 115 Å².